The van der Waals surface area contributed by atoms with Gasteiger partial charge in [-0.05, 0) is 30.5 Å². The molecule has 0 heterocycles. The van der Waals surface area contributed by atoms with Crippen molar-refractivity contribution in [2.75, 3.05) is 7.11 Å². The molecule has 0 aliphatic rings. The lowest BCUT2D eigenvalue weighted by Gasteiger charge is -2.17. The number of nitrogens with one attached hydrogen (secondary N) is 1. The van der Waals surface area contributed by atoms with Gasteiger partial charge in [-0.15, -0.1) is 0 Å². The second-order valence-corrected chi connectivity index (χ2v) is 5.48. The number of Topliss-reactive ketones (excluding diaryl/α,β-unsaturated/α-hetero) is 1. The molecule has 0 saturated heterocycles. The van der Waals surface area contributed by atoms with Crippen LogP contribution in [0.5, 0.6) is 0 Å². The van der Waals surface area contributed by atoms with Crippen molar-refractivity contribution in [3.8, 4) is 0 Å². The summed E-state index contributed by atoms with van der Waals surface area (Å²) in [5, 5.41) is 2.44. The third kappa shape index (κ3) is 5.67. The average Bonchev–Trinajstić information content (AvgIpc) is 2.48. The van der Waals surface area contributed by atoms with Crippen molar-refractivity contribution in [3.05, 3.63) is 34.3 Å². The predicted octanol–water partition coefficient (Wildman–Crippen LogP) is 2.02. The molecule has 5 nitrogen and oxygen atoms in total. The number of ether oxygens (including phenoxy) is 1. The van der Waals surface area contributed by atoms with Crippen molar-refractivity contribution in [1.82, 2.24) is 5.32 Å². The number of methoxy groups -OCH3 is 1. The number of carbonyl (C=O) groups is 3. The zero-order valence-corrected chi connectivity index (χ0v) is 13.6. The van der Waals surface area contributed by atoms with Crippen LogP contribution in [0.25, 0.3) is 0 Å². The van der Waals surface area contributed by atoms with Crippen LogP contribution < -0.4 is 5.32 Å². The van der Waals surface area contributed by atoms with Gasteiger partial charge < -0.3 is 10.1 Å². The van der Waals surface area contributed by atoms with E-state index in [1.165, 1.54) is 0 Å². The van der Waals surface area contributed by atoms with Crippen molar-refractivity contribution in [1.29, 1.82) is 0 Å². The van der Waals surface area contributed by atoms with Crippen molar-refractivity contribution in [3.63, 3.8) is 0 Å². The number of benzene rings is 1. The summed E-state index contributed by atoms with van der Waals surface area (Å²) in [6.45, 7) is 1.89. The zero-order valence-electron chi connectivity index (χ0n) is 12.0. The monoisotopic (exact) mass is 355 g/mol. The summed E-state index contributed by atoms with van der Waals surface area (Å²) < 4.78 is 5.28. The van der Waals surface area contributed by atoms with Gasteiger partial charge in [0.25, 0.3) is 0 Å². The molecule has 1 aromatic rings. The lowest BCUT2D eigenvalue weighted by atomic mass is 10.00. The van der Waals surface area contributed by atoms with Crippen molar-refractivity contribution >= 4 is 33.6 Å². The largest absolute Gasteiger partial charge is 0.462 e. The Morgan fingerprint density at radius 3 is 2.38 bits per heavy atom. The second-order valence-electron chi connectivity index (χ2n) is 4.56. The molecule has 0 aliphatic carbocycles. The molecule has 1 aromatic carbocycles. The summed E-state index contributed by atoms with van der Waals surface area (Å²) in [7, 11) is 1.12. The molecule has 1 unspecified atom stereocenters. The van der Waals surface area contributed by atoms with Crippen LogP contribution in [0.3, 0.4) is 0 Å². The van der Waals surface area contributed by atoms with E-state index >= 15 is 0 Å². The second kappa shape index (κ2) is 8.56. The molecular formula is C15H18BrNO4. The van der Waals surface area contributed by atoms with Crippen LogP contribution in [-0.2, 0) is 25.5 Å². The zero-order chi connectivity index (χ0) is 15.8. The smallest absolute Gasteiger partial charge is 0.396 e. The molecule has 0 radical (unpaired) electrons. The molecule has 114 valence electrons. The van der Waals surface area contributed by atoms with Gasteiger partial charge >= 0.3 is 11.9 Å². The SMILES string of the molecule is CCCC(=O)C(Cc1ccc(Br)cc1)NC(=O)C(=O)OC. The third-order valence-corrected chi connectivity index (χ3v) is 3.44. The number of hydrogen-bond donors (Lipinski definition) is 1. The van der Waals surface area contributed by atoms with Gasteiger partial charge in [0.15, 0.2) is 5.78 Å². The summed E-state index contributed by atoms with van der Waals surface area (Å²) in [4.78, 5) is 34.9. The topological polar surface area (TPSA) is 72.5 Å². The first-order valence-electron chi connectivity index (χ1n) is 6.63. The highest BCUT2D eigenvalue weighted by molar-refractivity contribution is 9.10. The Morgan fingerprint density at radius 2 is 1.86 bits per heavy atom. The normalized spacial score (nSPS) is 11.6. The molecule has 1 rings (SSSR count). The molecule has 0 bridgehead atoms. The van der Waals surface area contributed by atoms with Gasteiger partial charge in [0, 0.05) is 10.9 Å². The van der Waals surface area contributed by atoms with Crippen LogP contribution in [0, 0.1) is 0 Å². The van der Waals surface area contributed by atoms with E-state index in [1.807, 2.05) is 31.2 Å². The molecule has 21 heavy (non-hydrogen) atoms. The van der Waals surface area contributed by atoms with Gasteiger partial charge in [-0.2, -0.15) is 0 Å². The van der Waals surface area contributed by atoms with Crippen LogP contribution in [0.1, 0.15) is 25.3 Å². The van der Waals surface area contributed by atoms with E-state index < -0.39 is 17.9 Å². The van der Waals surface area contributed by atoms with Gasteiger partial charge in [-0.1, -0.05) is 35.0 Å². The Bertz CT molecular complexity index is 513. The fourth-order valence-electron chi connectivity index (χ4n) is 1.83. The molecule has 6 heteroatoms. The molecule has 0 spiro atoms. The lowest BCUT2D eigenvalue weighted by Crippen LogP contribution is -2.45. The molecule has 0 aliphatic heterocycles. The fraction of sp³-hybridized carbons (Fsp3) is 0.400. The van der Waals surface area contributed by atoms with E-state index in [2.05, 4.69) is 26.0 Å². The molecule has 1 atom stereocenters. The number of halogens is 1. The van der Waals surface area contributed by atoms with Crippen LogP contribution in [0.15, 0.2) is 28.7 Å². The molecule has 0 saturated carbocycles. The third-order valence-electron chi connectivity index (χ3n) is 2.91. The quantitative estimate of drug-likeness (QED) is 0.625. The van der Waals surface area contributed by atoms with Crippen LogP contribution in [0.2, 0.25) is 0 Å². The summed E-state index contributed by atoms with van der Waals surface area (Å²) in [5.41, 5.74) is 0.901. The minimum absolute atomic E-state index is 0.0994. The maximum atomic E-state index is 12.1. The van der Waals surface area contributed by atoms with Gasteiger partial charge in [-0.25, -0.2) is 4.79 Å². The Balaban J connectivity index is 2.81. The van der Waals surface area contributed by atoms with Crippen LogP contribution in [0.4, 0.5) is 0 Å². The van der Waals surface area contributed by atoms with E-state index in [0.717, 1.165) is 17.1 Å². The fourth-order valence-corrected chi connectivity index (χ4v) is 2.10. The van der Waals surface area contributed by atoms with Crippen LogP contribution >= 0.6 is 15.9 Å². The standard InChI is InChI=1S/C15H18BrNO4/c1-3-4-13(18)12(17-14(19)15(20)21-2)9-10-5-7-11(16)8-6-10/h5-8,12H,3-4,9H2,1-2H3,(H,17,19). The van der Waals surface area contributed by atoms with E-state index in [1.54, 1.807) is 0 Å². The minimum atomic E-state index is -1.000. The number of hydrogen-bond acceptors (Lipinski definition) is 4. The number of ketones is 1. The van der Waals surface area contributed by atoms with Crippen molar-refractivity contribution in [2.24, 2.45) is 0 Å². The summed E-state index contributed by atoms with van der Waals surface area (Å²) in [5.74, 6) is -2.00. The number of esters is 1. The van der Waals surface area contributed by atoms with Gasteiger partial charge in [0.05, 0.1) is 13.2 Å². The molecule has 0 aromatic heterocycles. The van der Waals surface area contributed by atoms with E-state index in [-0.39, 0.29) is 5.78 Å². The van der Waals surface area contributed by atoms with Gasteiger partial charge in [-0.3, -0.25) is 9.59 Å². The Labute approximate surface area is 132 Å². The van der Waals surface area contributed by atoms with E-state index in [9.17, 15) is 14.4 Å². The van der Waals surface area contributed by atoms with Gasteiger partial charge in [0.1, 0.15) is 0 Å². The van der Waals surface area contributed by atoms with E-state index in [4.69, 9.17) is 0 Å². The highest BCUT2D eigenvalue weighted by Crippen LogP contribution is 2.13. The Hall–Kier alpha value is -1.69. The number of amides is 1. The van der Waals surface area contributed by atoms with Crippen LogP contribution in [-0.4, -0.2) is 30.8 Å². The van der Waals surface area contributed by atoms with Crippen molar-refractivity contribution < 1.29 is 19.1 Å². The average molecular weight is 356 g/mol. The molecule has 1 N–H and O–H groups in total. The first kappa shape index (κ1) is 17.4. The lowest BCUT2D eigenvalue weighted by molar-refractivity contribution is -0.153. The van der Waals surface area contributed by atoms with Crippen molar-refractivity contribution in [2.45, 2.75) is 32.2 Å². The molecule has 0 fully saturated rings. The first-order chi connectivity index (χ1) is 9.97. The maximum absolute atomic E-state index is 12.1. The molecule has 1 amide bonds. The van der Waals surface area contributed by atoms with Gasteiger partial charge in [0.2, 0.25) is 0 Å². The summed E-state index contributed by atoms with van der Waals surface area (Å²) in [6.07, 6.45) is 1.38. The molecular weight excluding hydrogens is 338 g/mol. The summed E-state index contributed by atoms with van der Waals surface area (Å²) in [6, 6.07) is 6.72. The minimum Gasteiger partial charge on any atom is -0.462 e. The Morgan fingerprint density at radius 1 is 1.24 bits per heavy atom. The number of rotatable bonds is 6. The Kier molecular flexibility index (Phi) is 7.08. The summed E-state index contributed by atoms with van der Waals surface area (Å²) >= 11 is 3.34. The first-order valence-corrected chi connectivity index (χ1v) is 7.43. The highest BCUT2D eigenvalue weighted by atomic mass is 79.9. The van der Waals surface area contributed by atoms with E-state index in [0.29, 0.717) is 19.3 Å². The number of carbonyl (C=O) groups excluding carboxylic acids is 3. The maximum Gasteiger partial charge on any atom is 0.396 e. The predicted molar refractivity (Wildman–Crippen MR) is 81.7 cm³/mol. The highest BCUT2D eigenvalue weighted by Gasteiger charge is 2.24.